The van der Waals surface area contributed by atoms with Gasteiger partial charge < -0.3 is 14.8 Å². The van der Waals surface area contributed by atoms with Crippen molar-refractivity contribution in [3.05, 3.63) is 24.3 Å². The Bertz CT molecular complexity index is 674. The first-order valence-corrected chi connectivity index (χ1v) is 21.5. The first kappa shape index (κ1) is 47.4. The van der Waals surface area contributed by atoms with Gasteiger partial charge in [0.1, 0.15) is 0 Å². The Morgan fingerprint density at radius 1 is 0.388 bits per heavy atom. The van der Waals surface area contributed by atoms with Crippen molar-refractivity contribution >= 4 is 11.9 Å². The molecule has 0 aliphatic heterocycles. The zero-order valence-electron chi connectivity index (χ0n) is 32.9. The van der Waals surface area contributed by atoms with E-state index in [0.717, 1.165) is 64.5 Å². The molecule has 0 bridgehead atoms. The highest BCUT2D eigenvalue weighted by atomic mass is 16.5. The summed E-state index contributed by atoms with van der Waals surface area (Å²) >= 11 is 0. The van der Waals surface area contributed by atoms with Crippen LogP contribution in [0.1, 0.15) is 219 Å². The van der Waals surface area contributed by atoms with Crippen molar-refractivity contribution < 1.29 is 19.1 Å². The van der Waals surface area contributed by atoms with Crippen LogP contribution in [0.15, 0.2) is 24.3 Å². The summed E-state index contributed by atoms with van der Waals surface area (Å²) in [6.07, 6.45) is 47.3. The number of esters is 2. The molecule has 0 saturated carbocycles. The molecule has 0 fully saturated rings. The number of rotatable bonds is 40. The fourth-order valence-electron chi connectivity index (χ4n) is 6.03. The smallest absolute Gasteiger partial charge is 0.305 e. The van der Waals surface area contributed by atoms with Crippen molar-refractivity contribution in [2.75, 3.05) is 26.3 Å². The molecule has 0 unspecified atom stereocenters. The van der Waals surface area contributed by atoms with Crippen molar-refractivity contribution in [1.82, 2.24) is 5.32 Å². The summed E-state index contributed by atoms with van der Waals surface area (Å²) in [5.41, 5.74) is 0. The van der Waals surface area contributed by atoms with Gasteiger partial charge in [-0.2, -0.15) is 0 Å². The van der Waals surface area contributed by atoms with Gasteiger partial charge in [-0.3, -0.25) is 9.59 Å². The molecule has 0 aliphatic rings. The quantitative estimate of drug-likeness (QED) is 0.0394. The van der Waals surface area contributed by atoms with Gasteiger partial charge in [-0.25, -0.2) is 0 Å². The molecule has 0 aromatic carbocycles. The Kier molecular flexibility index (Phi) is 41.1. The van der Waals surface area contributed by atoms with E-state index < -0.39 is 0 Å². The van der Waals surface area contributed by atoms with Crippen LogP contribution in [-0.4, -0.2) is 38.2 Å². The Balaban J connectivity index is 3.28. The van der Waals surface area contributed by atoms with E-state index in [1.54, 1.807) is 0 Å². The van der Waals surface area contributed by atoms with Gasteiger partial charge in [0.2, 0.25) is 0 Å². The second-order valence-electron chi connectivity index (χ2n) is 14.3. The number of allylic oxidation sites excluding steroid dienone is 4. The predicted molar refractivity (Wildman–Crippen MR) is 212 cm³/mol. The summed E-state index contributed by atoms with van der Waals surface area (Å²) in [5.74, 6) is -0.0882. The maximum absolute atomic E-state index is 12.0. The highest BCUT2D eigenvalue weighted by Crippen LogP contribution is 2.12. The Labute approximate surface area is 305 Å². The zero-order chi connectivity index (χ0) is 35.6. The molecule has 5 nitrogen and oxygen atoms in total. The molecule has 0 saturated heterocycles. The fourth-order valence-corrected chi connectivity index (χ4v) is 6.03. The lowest BCUT2D eigenvalue weighted by Gasteiger charge is -2.07. The molecule has 0 amide bonds. The molecule has 5 heteroatoms. The Morgan fingerprint density at radius 2 is 0.694 bits per heavy atom. The topological polar surface area (TPSA) is 64.6 Å². The molecule has 0 radical (unpaired) electrons. The molecule has 0 aliphatic carbocycles. The van der Waals surface area contributed by atoms with Gasteiger partial charge in [0.25, 0.3) is 0 Å². The first-order chi connectivity index (χ1) is 24.2. The normalized spacial score (nSPS) is 11.6. The number of unbranched alkanes of at least 4 members (excludes halogenated alkanes) is 24. The van der Waals surface area contributed by atoms with E-state index in [0.29, 0.717) is 26.1 Å². The lowest BCUT2D eigenvalue weighted by molar-refractivity contribution is -0.144. The van der Waals surface area contributed by atoms with Crippen LogP contribution in [-0.2, 0) is 19.1 Å². The van der Waals surface area contributed by atoms with Gasteiger partial charge in [-0.05, 0) is 103 Å². The molecule has 0 heterocycles. The van der Waals surface area contributed by atoms with E-state index in [1.165, 1.54) is 141 Å². The van der Waals surface area contributed by atoms with Crippen LogP contribution < -0.4 is 5.32 Å². The molecule has 0 aromatic rings. The van der Waals surface area contributed by atoms with Crippen LogP contribution in [0.5, 0.6) is 0 Å². The van der Waals surface area contributed by atoms with E-state index in [2.05, 4.69) is 43.5 Å². The minimum absolute atomic E-state index is 0.0441. The maximum atomic E-state index is 12.0. The first-order valence-electron chi connectivity index (χ1n) is 21.5. The van der Waals surface area contributed by atoms with Crippen molar-refractivity contribution in [3.8, 4) is 0 Å². The minimum Gasteiger partial charge on any atom is -0.466 e. The van der Waals surface area contributed by atoms with Crippen molar-refractivity contribution in [2.24, 2.45) is 0 Å². The number of hydrogen-bond acceptors (Lipinski definition) is 5. The molecule has 49 heavy (non-hydrogen) atoms. The van der Waals surface area contributed by atoms with E-state index in [4.69, 9.17) is 9.47 Å². The van der Waals surface area contributed by atoms with E-state index in [1.807, 2.05) is 0 Å². The zero-order valence-corrected chi connectivity index (χ0v) is 32.9. The van der Waals surface area contributed by atoms with Crippen LogP contribution in [0, 0.1) is 0 Å². The van der Waals surface area contributed by atoms with Crippen LogP contribution in [0.25, 0.3) is 0 Å². The molecule has 0 spiro atoms. The monoisotopic (exact) mass is 690 g/mol. The highest BCUT2D eigenvalue weighted by molar-refractivity contribution is 5.69. The number of carbonyl (C=O) groups is 2. The lowest BCUT2D eigenvalue weighted by Crippen LogP contribution is -2.18. The Morgan fingerprint density at radius 3 is 1.04 bits per heavy atom. The average molecular weight is 690 g/mol. The van der Waals surface area contributed by atoms with Crippen LogP contribution in [0.2, 0.25) is 0 Å². The molecule has 288 valence electrons. The number of hydrogen-bond donors (Lipinski definition) is 1. The van der Waals surface area contributed by atoms with Gasteiger partial charge >= 0.3 is 11.9 Å². The largest absolute Gasteiger partial charge is 0.466 e. The summed E-state index contributed by atoms with van der Waals surface area (Å²) in [5, 5.41) is 3.44. The van der Waals surface area contributed by atoms with Gasteiger partial charge in [0, 0.05) is 12.8 Å². The third-order valence-corrected chi connectivity index (χ3v) is 9.31. The summed E-state index contributed by atoms with van der Waals surface area (Å²) < 4.78 is 10.8. The van der Waals surface area contributed by atoms with Gasteiger partial charge in [0.05, 0.1) is 13.2 Å². The standard InChI is InChI=1S/C44H83NO4/c1-3-5-7-9-11-13-15-17-19-21-23-25-27-29-31-37-43(46)48-41-35-33-39-45-40-34-36-42-49-44(47)38-32-30-28-26-24-22-20-18-16-14-12-10-8-6-4-2/h17-20,45H,3-16,21-42H2,1-2H3/b19-17-,20-18-. The maximum Gasteiger partial charge on any atom is 0.305 e. The minimum atomic E-state index is -0.0441. The van der Waals surface area contributed by atoms with Gasteiger partial charge in [-0.1, -0.05) is 141 Å². The van der Waals surface area contributed by atoms with Gasteiger partial charge in [0.15, 0.2) is 0 Å². The third kappa shape index (κ3) is 42.5. The Hall–Kier alpha value is -1.62. The summed E-state index contributed by atoms with van der Waals surface area (Å²) in [6.45, 7) is 7.46. The second-order valence-corrected chi connectivity index (χ2v) is 14.3. The van der Waals surface area contributed by atoms with Crippen LogP contribution in [0.3, 0.4) is 0 Å². The van der Waals surface area contributed by atoms with Crippen molar-refractivity contribution in [1.29, 1.82) is 0 Å². The number of nitrogens with one attached hydrogen (secondary N) is 1. The average Bonchev–Trinajstić information content (AvgIpc) is 3.10. The van der Waals surface area contributed by atoms with E-state index in [9.17, 15) is 9.59 Å². The summed E-state index contributed by atoms with van der Waals surface area (Å²) in [6, 6.07) is 0. The van der Waals surface area contributed by atoms with E-state index >= 15 is 0 Å². The lowest BCUT2D eigenvalue weighted by atomic mass is 10.1. The van der Waals surface area contributed by atoms with Crippen LogP contribution in [0.4, 0.5) is 0 Å². The molecular weight excluding hydrogens is 606 g/mol. The summed E-state index contributed by atoms with van der Waals surface area (Å²) in [4.78, 5) is 23.9. The third-order valence-electron chi connectivity index (χ3n) is 9.31. The number of ether oxygens (including phenoxy) is 2. The van der Waals surface area contributed by atoms with Crippen molar-refractivity contribution in [2.45, 2.75) is 219 Å². The predicted octanol–water partition coefficient (Wildman–Crippen LogP) is 13.3. The second kappa shape index (κ2) is 42.5. The van der Waals surface area contributed by atoms with Crippen molar-refractivity contribution in [3.63, 3.8) is 0 Å². The number of carbonyl (C=O) groups excluding carboxylic acids is 2. The van der Waals surface area contributed by atoms with E-state index in [-0.39, 0.29) is 11.9 Å². The van der Waals surface area contributed by atoms with Gasteiger partial charge in [-0.15, -0.1) is 0 Å². The molecule has 0 rings (SSSR count). The molecule has 1 N–H and O–H groups in total. The molecular formula is C44H83NO4. The fraction of sp³-hybridized carbons (Fsp3) is 0.864. The SMILES string of the molecule is CCCCCCCC/C=C\CCCCCCCC(=O)OCCCCNCCCCOC(=O)CCCCCCC/C=C\CCCCCCCC. The molecule has 0 atom stereocenters. The molecule has 0 aromatic heterocycles. The summed E-state index contributed by atoms with van der Waals surface area (Å²) in [7, 11) is 0. The van der Waals surface area contributed by atoms with Crippen LogP contribution >= 0.6 is 0 Å². The highest BCUT2D eigenvalue weighted by Gasteiger charge is 2.04.